The van der Waals surface area contributed by atoms with Crippen LogP contribution in [0, 0.1) is 11.3 Å². The highest BCUT2D eigenvalue weighted by Crippen LogP contribution is 2.47. The molecule has 4 heteroatoms. The summed E-state index contributed by atoms with van der Waals surface area (Å²) >= 11 is 0. The normalized spacial score (nSPS) is 25.1. The van der Waals surface area contributed by atoms with Crippen molar-refractivity contribution in [1.29, 1.82) is 0 Å². The molecule has 2 aliphatic rings. The Bertz CT molecular complexity index is 252. The van der Waals surface area contributed by atoms with E-state index in [9.17, 15) is 13.6 Å². The van der Waals surface area contributed by atoms with Gasteiger partial charge >= 0.3 is 6.61 Å². The summed E-state index contributed by atoms with van der Waals surface area (Å²) in [6.45, 7) is -2.57. The van der Waals surface area contributed by atoms with Gasteiger partial charge in [-0.25, -0.2) is 0 Å². The fraction of sp³-hybridized carbons (Fsp3) is 0.917. The first-order chi connectivity index (χ1) is 7.60. The smallest absolute Gasteiger partial charge is 0.322 e. The van der Waals surface area contributed by atoms with E-state index in [2.05, 4.69) is 4.74 Å². The minimum atomic E-state index is -2.69. The molecule has 0 unspecified atom stereocenters. The quantitative estimate of drug-likeness (QED) is 0.727. The van der Waals surface area contributed by atoms with E-state index in [0.29, 0.717) is 18.8 Å². The summed E-state index contributed by atoms with van der Waals surface area (Å²) in [4.78, 5) is 11.2. The molecule has 0 aromatic heterocycles. The number of ketones is 1. The second kappa shape index (κ2) is 4.78. The molecule has 0 bridgehead atoms. The summed E-state index contributed by atoms with van der Waals surface area (Å²) in [7, 11) is 0. The lowest BCUT2D eigenvalue weighted by Gasteiger charge is -2.36. The Hall–Kier alpha value is -0.510. The molecule has 2 nitrogen and oxygen atoms in total. The minimum absolute atomic E-state index is 0.119. The maximum atomic E-state index is 12.1. The molecule has 2 saturated carbocycles. The number of halogens is 2. The highest BCUT2D eigenvalue weighted by molar-refractivity contribution is 5.79. The number of alkyl halides is 2. The van der Waals surface area contributed by atoms with Gasteiger partial charge in [-0.3, -0.25) is 4.79 Å². The van der Waals surface area contributed by atoms with Crippen molar-refractivity contribution >= 4 is 5.78 Å². The SMILES string of the molecule is O=C1CCC(COC(F)F)(CC2CC2)CC1. The van der Waals surface area contributed by atoms with Crippen molar-refractivity contribution in [3.05, 3.63) is 0 Å². The Balaban J connectivity index is 1.91. The second-order valence-electron chi connectivity index (χ2n) is 5.26. The van der Waals surface area contributed by atoms with Crippen molar-refractivity contribution in [1.82, 2.24) is 0 Å². The summed E-state index contributed by atoms with van der Waals surface area (Å²) < 4.78 is 28.7. The van der Waals surface area contributed by atoms with Gasteiger partial charge in [0.2, 0.25) is 0 Å². The molecule has 2 rings (SSSR count). The van der Waals surface area contributed by atoms with Crippen molar-refractivity contribution in [2.24, 2.45) is 11.3 Å². The average molecular weight is 232 g/mol. The van der Waals surface area contributed by atoms with Crippen molar-refractivity contribution in [3.8, 4) is 0 Å². The summed E-state index contributed by atoms with van der Waals surface area (Å²) in [5, 5.41) is 0. The summed E-state index contributed by atoms with van der Waals surface area (Å²) in [5.74, 6) is 0.956. The molecular formula is C12H18F2O2. The third-order valence-corrected chi connectivity index (χ3v) is 3.80. The summed E-state index contributed by atoms with van der Waals surface area (Å²) in [6.07, 6.45) is 5.94. The van der Waals surface area contributed by atoms with Gasteiger partial charge in [-0.15, -0.1) is 0 Å². The van der Waals surface area contributed by atoms with Gasteiger partial charge in [-0.05, 0) is 30.6 Å². The van der Waals surface area contributed by atoms with Gasteiger partial charge in [0, 0.05) is 12.8 Å². The molecule has 0 aromatic rings. The standard InChI is InChI=1S/C12H18F2O2/c13-11(14)16-8-12(7-9-1-2-9)5-3-10(15)4-6-12/h9,11H,1-8H2. The van der Waals surface area contributed by atoms with Gasteiger partial charge in [-0.1, -0.05) is 12.8 Å². The van der Waals surface area contributed by atoms with Crippen LogP contribution in [0.15, 0.2) is 0 Å². The van der Waals surface area contributed by atoms with Gasteiger partial charge in [-0.2, -0.15) is 8.78 Å². The molecule has 16 heavy (non-hydrogen) atoms. The predicted molar refractivity (Wildman–Crippen MR) is 55.2 cm³/mol. The molecule has 92 valence electrons. The van der Waals surface area contributed by atoms with Crippen LogP contribution in [0.4, 0.5) is 8.78 Å². The minimum Gasteiger partial charge on any atom is -0.322 e. The van der Waals surface area contributed by atoms with E-state index in [-0.39, 0.29) is 17.8 Å². The predicted octanol–water partition coefficient (Wildman–Crippen LogP) is 3.16. The van der Waals surface area contributed by atoms with Gasteiger partial charge < -0.3 is 4.74 Å². The molecule has 2 aliphatic carbocycles. The van der Waals surface area contributed by atoms with E-state index in [0.717, 1.165) is 19.3 Å². The van der Waals surface area contributed by atoms with Crippen molar-refractivity contribution in [3.63, 3.8) is 0 Å². The zero-order chi connectivity index (χ0) is 11.6. The van der Waals surface area contributed by atoms with Crippen LogP contribution in [0.5, 0.6) is 0 Å². The first-order valence-electron chi connectivity index (χ1n) is 6.01. The van der Waals surface area contributed by atoms with Crippen LogP contribution in [0.2, 0.25) is 0 Å². The van der Waals surface area contributed by atoms with Crippen molar-refractivity contribution in [2.75, 3.05) is 6.61 Å². The lowest BCUT2D eigenvalue weighted by Crippen LogP contribution is -2.33. The van der Waals surface area contributed by atoms with E-state index in [1.165, 1.54) is 12.8 Å². The van der Waals surface area contributed by atoms with E-state index in [1.807, 2.05) is 0 Å². The number of carbonyl (C=O) groups excluding carboxylic acids is 1. The third kappa shape index (κ3) is 3.24. The Morgan fingerprint density at radius 2 is 1.94 bits per heavy atom. The highest BCUT2D eigenvalue weighted by atomic mass is 19.3. The van der Waals surface area contributed by atoms with Gasteiger partial charge in [0.05, 0.1) is 6.61 Å². The maximum Gasteiger partial charge on any atom is 0.345 e. The monoisotopic (exact) mass is 232 g/mol. The van der Waals surface area contributed by atoms with Crippen LogP contribution >= 0.6 is 0 Å². The van der Waals surface area contributed by atoms with Crippen molar-refractivity contribution in [2.45, 2.75) is 51.6 Å². The lowest BCUT2D eigenvalue weighted by molar-refractivity contribution is -0.159. The number of ether oxygens (including phenoxy) is 1. The molecule has 0 amide bonds. The maximum absolute atomic E-state index is 12.1. The van der Waals surface area contributed by atoms with Gasteiger partial charge in [0.25, 0.3) is 0 Å². The molecule has 0 spiro atoms. The molecule has 0 radical (unpaired) electrons. The Kier molecular flexibility index (Phi) is 3.57. The molecular weight excluding hydrogens is 214 g/mol. The molecule has 0 atom stereocenters. The molecule has 0 N–H and O–H groups in total. The van der Waals surface area contributed by atoms with E-state index in [4.69, 9.17) is 0 Å². The Morgan fingerprint density at radius 3 is 2.44 bits per heavy atom. The van der Waals surface area contributed by atoms with Crippen LogP contribution in [-0.2, 0) is 9.53 Å². The van der Waals surface area contributed by atoms with Crippen LogP contribution in [0.1, 0.15) is 44.9 Å². The summed E-state index contributed by atoms with van der Waals surface area (Å²) in [5.41, 5.74) is -0.147. The van der Waals surface area contributed by atoms with Crippen LogP contribution in [-0.4, -0.2) is 19.0 Å². The molecule has 0 heterocycles. The summed E-state index contributed by atoms with van der Waals surface area (Å²) in [6, 6.07) is 0. The zero-order valence-corrected chi connectivity index (χ0v) is 9.38. The number of hydrogen-bond donors (Lipinski definition) is 0. The van der Waals surface area contributed by atoms with Crippen LogP contribution < -0.4 is 0 Å². The first kappa shape index (κ1) is 12.0. The highest BCUT2D eigenvalue weighted by Gasteiger charge is 2.40. The van der Waals surface area contributed by atoms with Crippen LogP contribution in [0.3, 0.4) is 0 Å². The number of hydrogen-bond acceptors (Lipinski definition) is 2. The third-order valence-electron chi connectivity index (χ3n) is 3.80. The second-order valence-corrected chi connectivity index (χ2v) is 5.26. The first-order valence-corrected chi connectivity index (χ1v) is 6.01. The molecule has 0 aromatic carbocycles. The Morgan fingerprint density at radius 1 is 1.31 bits per heavy atom. The van der Waals surface area contributed by atoms with Gasteiger partial charge in [0.1, 0.15) is 5.78 Å². The van der Waals surface area contributed by atoms with Gasteiger partial charge in [0.15, 0.2) is 0 Å². The number of carbonyl (C=O) groups is 1. The topological polar surface area (TPSA) is 26.3 Å². The molecule has 0 aliphatic heterocycles. The van der Waals surface area contributed by atoms with E-state index >= 15 is 0 Å². The average Bonchev–Trinajstić information content (AvgIpc) is 3.03. The molecule has 2 fully saturated rings. The largest absolute Gasteiger partial charge is 0.345 e. The van der Waals surface area contributed by atoms with E-state index < -0.39 is 6.61 Å². The van der Waals surface area contributed by atoms with E-state index in [1.54, 1.807) is 0 Å². The van der Waals surface area contributed by atoms with Crippen LogP contribution in [0.25, 0.3) is 0 Å². The molecule has 0 saturated heterocycles. The number of Topliss-reactive ketones (excluding diaryl/α,β-unsaturated/α-hetero) is 1. The van der Waals surface area contributed by atoms with Crippen molar-refractivity contribution < 1.29 is 18.3 Å². The lowest BCUT2D eigenvalue weighted by atomic mass is 9.71. The fourth-order valence-corrected chi connectivity index (χ4v) is 2.64. The number of rotatable bonds is 5. The fourth-order valence-electron chi connectivity index (χ4n) is 2.64. The Labute approximate surface area is 94.3 Å². The zero-order valence-electron chi connectivity index (χ0n) is 9.38.